The first-order valence-corrected chi connectivity index (χ1v) is 7.56. The van der Waals surface area contributed by atoms with Gasteiger partial charge in [0.25, 0.3) is 0 Å². The van der Waals surface area contributed by atoms with E-state index < -0.39 is 0 Å². The second-order valence-corrected chi connectivity index (χ2v) is 5.96. The summed E-state index contributed by atoms with van der Waals surface area (Å²) in [6.07, 6.45) is 0. The quantitative estimate of drug-likeness (QED) is 0.710. The van der Waals surface area contributed by atoms with E-state index in [0.29, 0.717) is 10.9 Å². The Kier molecular flexibility index (Phi) is 7.64. The van der Waals surface area contributed by atoms with E-state index >= 15 is 0 Å². The third kappa shape index (κ3) is 5.99. The van der Waals surface area contributed by atoms with Gasteiger partial charge in [0.2, 0.25) is 0 Å². The molecule has 0 radical (unpaired) electrons. The van der Waals surface area contributed by atoms with Crippen LogP contribution in [0, 0.1) is 5.92 Å². The van der Waals surface area contributed by atoms with Crippen LogP contribution in [0.2, 0.25) is 0 Å². The molecule has 0 aliphatic rings. The minimum Gasteiger partial charge on any atom is -0.496 e. The maximum absolute atomic E-state index is 5.77. The molecule has 0 bridgehead atoms. The summed E-state index contributed by atoms with van der Waals surface area (Å²) in [5.41, 5.74) is 7.74. The van der Waals surface area contributed by atoms with Crippen molar-refractivity contribution in [2.75, 3.05) is 33.9 Å². The van der Waals surface area contributed by atoms with E-state index in [2.05, 4.69) is 24.8 Å². The van der Waals surface area contributed by atoms with Gasteiger partial charge in [-0.3, -0.25) is 4.90 Å². The maximum Gasteiger partial charge on any atom is 0.129 e. The van der Waals surface area contributed by atoms with Crippen molar-refractivity contribution in [1.29, 1.82) is 0 Å². The Labute approximate surface area is 133 Å². The molecule has 2 N–H and O–H groups in total. The summed E-state index contributed by atoms with van der Waals surface area (Å²) in [7, 11) is 3.35. The summed E-state index contributed by atoms with van der Waals surface area (Å²) >= 11 is 5.09. The zero-order valence-corrected chi connectivity index (χ0v) is 14.2. The Morgan fingerprint density at radius 3 is 2.57 bits per heavy atom. The van der Waals surface area contributed by atoms with Crippen LogP contribution in [0.1, 0.15) is 25.0 Å². The van der Waals surface area contributed by atoms with Gasteiger partial charge in [-0.2, -0.15) is 0 Å². The Hall–Kier alpha value is -1.17. The normalized spacial score (nSPS) is 11.1. The van der Waals surface area contributed by atoms with Gasteiger partial charge in [-0.05, 0) is 23.6 Å². The van der Waals surface area contributed by atoms with E-state index in [-0.39, 0.29) is 0 Å². The van der Waals surface area contributed by atoms with Gasteiger partial charge in [0.15, 0.2) is 0 Å². The minimum atomic E-state index is 0.362. The van der Waals surface area contributed by atoms with Crippen LogP contribution in [-0.4, -0.2) is 43.8 Å². The van der Waals surface area contributed by atoms with Crippen molar-refractivity contribution < 1.29 is 9.47 Å². The lowest BCUT2D eigenvalue weighted by Gasteiger charge is -2.24. The number of nitrogens with two attached hydrogens (primary N) is 1. The fourth-order valence-corrected chi connectivity index (χ4v) is 2.44. The number of hydrogen-bond acceptors (Lipinski definition) is 4. The fraction of sp³-hybridized carbons (Fsp3) is 0.562. The Balaban J connectivity index is 2.87. The number of rotatable bonds is 9. The molecule has 0 amide bonds. The highest BCUT2D eigenvalue weighted by Gasteiger charge is 2.11. The van der Waals surface area contributed by atoms with Crippen molar-refractivity contribution in [2.24, 2.45) is 11.7 Å². The fourth-order valence-electron chi connectivity index (χ4n) is 2.28. The number of ether oxygens (including phenoxy) is 2. The molecule has 0 aliphatic carbocycles. The van der Waals surface area contributed by atoms with Crippen molar-refractivity contribution in [3.05, 3.63) is 29.3 Å². The predicted octanol–water partition coefficient (Wildman–Crippen LogP) is 2.43. The first-order chi connectivity index (χ1) is 9.97. The lowest BCUT2D eigenvalue weighted by atomic mass is 10.1. The van der Waals surface area contributed by atoms with Crippen LogP contribution in [0.3, 0.4) is 0 Å². The van der Waals surface area contributed by atoms with Crippen molar-refractivity contribution in [3.8, 4) is 5.75 Å². The van der Waals surface area contributed by atoms with Crippen LogP contribution in [0.5, 0.6) is 5.75 Å². The van der Waals surface area contributed by atoms with E-state index in [1.165, 1.54) is 5.56 Å². The molecule has 0 unspecified atom stereocenters. The number of nitrogens with zero attached hydrogens (tertiary/aromatic N) is 1. The summed E-state index contributed by atoms with van der Waals surface area (Å²) in [6, 6.07) is 6.00. The van der Waals surface area contributed by atoms with Crippen LogP contribution in [0.4, 0.5) is 0 Å². The molecular formula is C16H26N2O2S. The topological polar surface area (TPSA) is 47.7 Å². The third-order valence-corrected chi connectivity index (χ3v) is 3.39. The molecule has 21 heavy (non-hydrogen) atoms. The van der Waals surface area contributed by atoms with Gasteiger partial charge in [0, 0.05) is 26.7 Å². The molecule has 0 saturated heterocycles. The van der Waals surface area contributed by atoms with Crippen molar-refractivity contribution in [2.45, 2.75) is 20.4 Å². The average molecular weight is 310 g/mol. The summed E-state index contributed by atoms with van der Waals surface area (Å²) in [5.74, 6) is 1.33. The zero-order valence-electron chi connectivity index (χ0n) is 13.4. The standard InChI is InChI=1S/C16H26N2O2S/c1-12(2)10-18(7-8-19-3)11-13-5-6-15(20-4)14(9-13)16(17)21/h5-6,9,12H,7-8,10-11H2,1-4H3,(H2,17,21). The Bertz CT molecular complexity index is 464. The largest absolute Gasteiger partial charge is 0.496 e. The van der Waals surface area contributed by atoms with Crippen LogP contribution >= 0.6 is 12.2 Å². The summed E-state index contributed by atoms with van der Waals surface area (Å²) in [6.45, 7) is 7.94. The van der Waals surface area contributed by atoms with Gasteiger partial charge >= 0.3 is 0 Å². The second kappa shape index (κ2) is 8.97. The van der Waals surface area contributed by atoms with Gasteiger partial charge in [-0.15, -0.1) is 0 Å². The Morgan fingerprint density at radius 1 is 1.33 bits per heavy atom. The number of benzene rings is 1. The van der Waals surface area contributed by atoms with E-state index in [1.54, 1.807) is 14.2 Å². The van der Waals surface area contributed by atoms with Gasteiger partial charge in [0.1, 0.15) is 10.7 Å². The first-order valence-electron chi connectivity index (χ1n) is 7.16. The maximum atomic E-state index is 5.77. The van der Waals surface area contributed by atoms with E-state index in [1.807, 2.05) is 12.1 Å². The average Bonchev–Trinajstić information content (AvgIpc) is 2.44. The van der Waals surface area contributed by atoms with Crippen LogP contribution < -0.4 is 10.5 Å². The van der Waals surface area contributed by atoms with Crippen molar-refractivity contribution >= 4 is 17.2 Å². The van der Waals surface area contributed by atoms with Gasteiger partial charge < -0.3 is 15.2 Å². The van der Waals surface area contributed by atoms with Gasteiger partial charge in [0.05, 0.1) is 19.3 Å². The van der Waals surface area contributed by atoms with Crippen LogP contribution in [0.15, 0.2) is 18.2 Å². The smallest absolute Gasteiger partial charge is 0.129 e. The minimum absolute atomic E-state index is 0.362. The molecule has 1 rings (SSSR count). The van der Waals surface area contributed by atoms with Crippen molar-refractivity contribution in [1.82, 2.24) is 4.90 Å². The van der Waals surface area contributed by atoms with Gasteiger partial charge in [-0.25, -0.2) is 0 Å². The molecule has 0 fully saturated rings. The van der Waals surface area contributed by atoms with Crippen LogP contribution in [-0.2, 0) is 11.3 Å². The highest BCUT2D eigenvalue weighted by Crippen LogP contribution is 2.21. The molecular weight excluding hydrogens is 284 g/mol. The third-order valence-electron chi connectivity index (χ3n) is 3.17. The second-order valence-electron chi connectivity index (χ2n) is 5.52. The lowest BCUT2D eigenvalue weighted by Crippen LogP contribution is -2.30. The van der Waals surface area contributed by atoms with Crippen molar-refractivity contribution in [3.63, 3.8) is 0 Å². The molecule has 0 spiro atoms. The molecule has 0 heterocycles. The first kappa shape index (κ1) is 17.9. The monoisotopic (exact) mass is 310 g/mol. The molecule has 0 aliphatic heterocycles. The SMILES string of the molecule is COCCN(Cc1ccc(OC)c(C(N)=S)c1)CC(C)C. The molecule has 118 valence electrons. The van der Waals surface area contributed by atoms with E-state index in [9.17, 15) is 0 Å². The predicted molar refractivity (Wildman–Crippen MR) is 90.9 cm³/mol. The molecule has 1 aromatic carbocycles. The zero-order chi connectivity index (χ0) is 15.8. The van der Waals surface area contributed by atoms with E-state index in [4.69, 9.17) is 27.4 Å². The highest BCUT2D eigenvalue weighted by molar-refractivity contribution is 7.80. The number of methoxy groups -OCH3 is 2. The molecule has 4 nitrogen and oxygen atoms in total. The van der Waals surface area contributed by atoms with E-state index in [0.717, 1.165) is 37.6 Å². The molecule has 0 aromatic heterocycles. The molecule has 0 atom stereocenters. The summed E-state index contributed by atoms with van der Waals surface area (Å²) in [4.78, 5) is 2.74. The Morgan fingerprint density at radius 2 is 2.05 bits per heavy atom. The lowest BCUT2D eigenvalue weighted by molar-refractivity contribution is 0.136. The number of hydrogen-bond donors (Lipinski definition) is 1. The van der Waals surface area contributed by atoms with Gasteiger partial charge in [-0.1, -0.05) is 32.1 Å². The molecule has 1 aromatic rings. The van der Waals surface area contributed by atoms with Crippen LogP contribution in [0.25, 0.3) is 0 Å². The molecule has 5 heteroatoms. The summed E-state index contributed by atoms with van der Waals surface area (Å²) in [5, 5.41) is 0. The molecule has 0 saturated carbocycles. The summed E-state index contributed by atoms with van der Waals surface area (Å²) < 4.78 is 10.5. The highest BCUT2D eigenvalue weighted by atomic mass is 32.1. The number of thiocarbonyl (C=S) groups is 1.